The van der Waals surface area contributed by atoms with E-state index in [-0.39, 0.29) is 17.1 Å². The van der Waals surface area contributed by atoms with Crippen molar-refractivity contribution in [3.63, 3.8) is 0 Å². The van der Waals surface area contributed by atoms with Crippen LogP contribution in [-0.4, -0.2) is 22.0 Å². The van der Waals surface area contributed by atoms with E-state index in [2.05, 4.69) is 20.3 Å². The number of anilines is 1. The standard InChI is InChI=1S/C11H8F4N4/c1-16-9-3-8(6-2-7(12)5-17-4-6)18-10(19-9)11(13,14)15/h2-5H,1H3,(H,16,18,19). The number of halogens is 4. The molecular weight excluding hydrogens is 264 g/mol. The molecule has 0 saturated heterocycles. The van der Waals surface area contributed by atoms with Crippen molar-refractivity contribution in [1.82, 2.24) is 15.0 Å². The van der Waals surface area contributed by atoms with Gasteiger partial charge in [-0.05, 0) is 6.07 Å². The van der Waals surface area contributed by atoms with Crippen LogP contribution in [0.4, 0.5) is 23.4 Å². The molecule has 0 aliphatic heterocycles. The quantitative estimate of drug-likeness (QED) is 0.854. The first kappa shape index (κ1) is 13.2. The van der Waals surface area contributed by atoms with E-state index in [1.165, 1.54) is 19.3 Å². The zero-order valence-electron chi connectivity index (χ0n) is 9.66. The molecule has 0 atom stereocenters. The first-order valence-corrected chi connectivity index (χ1v) is 5.15. The summed E-state index contributed by atoms with van der Waals surface area (Å²) in [7, 11) is 1.43. The molecule has 0 aliphatic rings. The number of aromatic nitrogens is 3. The van der Waals surface area contributed by atoms with Gasteiger partial charge >= 0.3 is 6.18 Å². The van der Waals surface area contributed by atoms with Crippen molar-refractivity contribution >= 4 is 5.82 Å². The molecule has 0 aromatic carbocycles. The maximum atomic E-state index is 13.0. The van der Waals surface area contributed by atoms with Gasteiger partial charge in [0.05, 0.1) is 11.9 Å². The molecule has 0 radical (unpaired) electrons. The fraction of sp³-hybridized carbons (Fsp3) is 0.182. The Kier molecular flexibility index (Phi) is 3.32. The highest BCUT2D eigenvalue weighted by molar-refractivity contribution is 5.61. The Morgan fingerprint density at radius 1 is 1.11 bits per heavy atom. The van der Waals surface area contributed by atoms with Gasteiger partial charge in [-0.15, -0.1) is 0 Å². The van der Waals surface area contributed by atoms with Gasteiger partial charge in [0.25, 0.3) is 0 Å². The van der Waals surface area contributed by atoms with E-state index < -0.39 is 17.8 Å². The Morgan fingerprint density at radius 3 is 2.42 bits per heavy atom. The molecule has 2 heterocycles. The lowest BCUT2D eigenvalue weighted by atomic mass is 10.2. The van der Waals surface area contributed by atoms with Gasteiger partial charge in [-0.1, -0.05) is 0 Å². The van der Waals surface area contributed by atoms with E-state index in [9.17, 15) is 17.6 Å². The Hall–Kier alpha value is -2.25. The summed E-state index contributed by atoms with van der Waals surface area (Å²) in [5.41, 5.74) is 0.0862. The minimum atomic E-state index is -4.68. The maximum absolute atomic E-state index is 13.0. The smallest absolute Gasteiger partial charge is 0.373 e. The van der Waals surface area contributed by atoms with E-state index in [1.807, 2.05) is 0 Å². The predicted octanol–water partition coefficient (Wildman–Crippen LogP) is 2.74. The molecule has 2 aromatic heterocycles. The summed E-state index contributed by atoms with van der Waals surface area (Å²) in [6.45, 7) is 0. The second-order valence-corrected chi connectivity index (χ2v) is 3.60. The van der Waals surface area contributed by atoms with E-state index >= 15 is 0 Å². The van der Waals surface area contributed by atoms with E-state index in [0.717, 1.165) is 12.3 Å². The number of nitrogens with one attached hydrogen (secondary N) is 1. The highest BCUT2D eigenvalue weighted by Gasteiger charge is 2.35. The summed E-state index contributed by atoms with van der Waals surface area (Å²) in [6, 6.07) is 2.33. The lowest BCUT2D eigenvalue weighted by Crippen LogP contribution is -2.13. The fourth-order valence-electron chi connectivity index (χ4n) is 1.40. The van der Waals surface area contributed by atoms with Gasteiger partial charge in [0.2, 0.25) is 5.82 Å². The number of hydrogen-bond acceptors (Lipinski definition) is 4. The largest absolute Gasteiger partial charge is 0.451 e. The third-order valence-corrected chi connectivity index (χ3v) is 2.24. The van der Waals surface area contributed by atoms with Gasteiger partial charge in [-0.2, -0.15) is 13.2 Å². The Morgan fingerprint density at radius 2 is 1.84 bits per heavy atom. The fourth-order valence-corrected chi connectivity index (χ4v) is 1.40. The van der Waals surface area contributed by atoms with Crippen molar-refractivity contribution in [3.8, 4) is 11.3 Å². The molecule has 100 valence electrons. The van der Waals surface area contributed by atoms with Crippen LogP contribution in [0.5, 0.6) is 0 Å². The lowest BCUT2D eigenvalue weighted by Gasteiger charge is -2.09. The summed E-state index contributed by atoms with van der Waals surface area (Å²) in [5, 5.41) is 2.50. The summed E-state index contributed by atoms with van der Waals surface area (Å²) in [4.78, 5) is 10.3. The van der Waals surface area contributed by atoms with Crippen LogP contribution in [0.3, 0.4) is 0 Å². The van der Waals surface area contributed by atoms with Crippen LogP contribution < -0.4 is 5.32 Å². The zero-order valence-corrected chi connectivity index (χ0v) is 9.66. The molecule has 0 amide bonds. The van der Waals surface area contributed by atoms with Crippen LogP contribution in [0.1, 0.15) is 5.82 Å². The highest BCUT2D eigenvalue weighted by Crippen LogP contribution is 2.29. The maximum Gasteiger partial charge on any atom is 0.451 e. The number of rotatable bonds is 2. The van der Waals surface area contributed by atoms with Gasteiger partial charge < -0.3 is 5.32 Å². The number of nitrogens with zero attached hydrogens (tertiary/aromatic N) is 3. The van der Waals surface area contributed by atoms with Crippen molar-refractivity contribution in [2.45, 2.75) is 6.18 Å². The second kappa shape index (κ2) is 4.79. The summed E-state index contributed by atoms with van der Waals surface area (Å²) >= 11 is 0. The minimum Gasteiger partial charge on any atom is -0.373 e. The molecule has 8 heteroatoms. The molecule has 0 aliphatic carbocycles. The zero-order chi connectivity index (χ0) is 14.0. The lowest BCUT2D eigenvalue weighted by molar-refractivity contribution is -0.144. The molecule has 4 nitrogen and oxygen atoms in total. The molecular formula is C11H8F4N4. The van der Waals surface area contributed by atoms with E-state index in [1.54, 1.807) is 0 Å². The molecule has 0 saturated carbocycles. The molecule has 0 fully saturated rings. The summed E-state index contributed by atoms with van der Waals surface area (Å²) < 4.78 is 50.9. The van der Waals surface area contributed by atoms with Crippen molar-refractivity contribution in [2.75, 3.05) is 12.4 Å². The third-order valence-electron chi connectivity index (χ3n) is 2.24. The molecule has 1 N–H and O–H groups in total. The number of pyridine rings is 1. The average Bonchev–Trinajstić information content (AvgIpc) is 2.37. The molecule has 0 unspecified atom stereocenters. The molecule has 19 heavy (non-hydrogen) atoms. The SMILES string of the molecule is CNc1cc(-c2cncc(F)c2)nc(C(F)(F)F)n1. The van der Waals surface area contributed by atoms with E-state index in [0.29, 0.717) is 0 Å². The van der Waals surface area contributed by atoms with Crippen molar-refractivity contribution in [1.29, 1.82) is 0 Å². The number of alkyl halides is 3. The van der Waals surface area contributed by atoms with Gasteiger partial charge in [0, 0.05) is 24.9 Å². The first-order chi connectivity index (χ1) is 8.90. The van der Waals surface area contributed by atoms with Gasteiger partial charge in [0.15, 0.2) is 0 Å². The van der Waals surface area contributed by atoms with Crippen LogP contribution in [0, 0.1) is 5.82 Å². The molecule has 2 aromatic rings. The van der Waals surface area contributed by atoms with Crippen molar-refractivity contribution < 1.29 is 17.6 Å². The Bertz CT molecular complexity index is 597. The van der Waals surface area contributed by atoms with Gasteiger partial charge in [0.1, 0.15) is 11.6 Å². The Balaban J connectivity index is 2.57. The third kappa shape index (κ3) is 2.95. The van der Waals surface area contributed by atoms with Gasteiger partial charge in [-0.3, -0.25) is 4.98 Å². The molecule has 2 rings (SSSR count). The molecule has 0 bridgehead atoms. The normalized spacial score (nSPS) is 11.4. The van der Waals surface area contributed by atoms with Crippen molar-refractivity contribution in [3.05, 3.63) is 36.2 Å². The first-order valence-electron chi connectivity index (χ1n) is 5.15. The highest BCUT2D eigenvalue weighted by atomic mass is 19.4. The van der Waals surface area contributed by atoms with Gasteiger partial charge in [-0.25, -0.2) is 14.4 Å². The van der Waals surface area contributed by atoms with Crippen LogP contribution in [0.25, 0.3) is 11.3 Å². The predicted molar refractivity (Wildman–Crippen MR) is 59.8 cm³/mol. The van der Waals surface area contributed by atoms with Crippen LogP contribution in [-0.2, 0) is 6.18 Å². The number of hydrogen-bond donors (Lipinski definition) is 1. The topological polar surface area (TPSA) is 50.7 Å². The second-order valence-electron chi connectivity index (χ2n) is 3.60. The Labute approximate surface area is 105 Å². The average molecular weight is 272 g/mol. The minimum absolute atomic E-state index is 0.0124. The van der Waals surface area contributed by atoms with Crippen LogP contribution in [0.2, 0.25) is 0 Å². The van der Waals surface area contributed by atoms with Crippen LogP contribution in [0.15, 0.2) is 24.5 Å². The summed E-state index contributed by atoms with van der Waals surface area (Å²) in [6.07, 6.45) is -2.50. The monoisotopic (exact) mass is 272 g/mol. The molecule has 0 spiro atoms. The van der Waals surface area contributed by atoms with Crippen LogP contribution >= 0.6 is 0 Å². The van der Waals surface area contributed by atoms with E-state index in [4.69, 9.17) is 0 Å². The summed E-state index contributed by atoms with van der Waals surface area (Å²) in [5.74, 6) is -1.96. The van der Waals surface area contributed by atoms with Crippen molar-refractivity contribution in [2.24, 2.45) is 0 Å².